The standard InChI is InChI=1S/C22H29N3O3/c1-15(2)13-23-11-12-24-18(20(23)27)14-25(16(3)19(24)26)21(28)22(9-10-22)17-7-5-4-6-8-17/h4-8,15-16,18H,9-14H2,1-3H3/t16-,18-/m0/s1. The molecule has 0 aromatic heterocycles. The van der Waals surface area contributed by atoms with Gasteiger partial charge >= 0.3 is 0 Å². The van der Waals surface area contributed by atoms with Crippen LogP contribution < -0.4 is 0 Å². The second-order valence-electron chi connectivity index (χ2n) is 8.81. The number of rotatable bonds is 4. The summed E-state index contributed by atoms with van der Waals surface area (Å²) >= 11 is 0. The highest BCUT2D eigenvalue weighted by molar-refractivity contribution is 5.99. The maximum absolute atomic E-state index is 13.5. The monoisotopic (exact) mass is 383 g/mol. The predicted octanol–water partition coefficient (Wildman–Crippen LogP) is 1.64. The van der Waals surface area contributed by atoms with Gasteiger partial charge in [-0.05, 0) is 31.2 Å². The highest BCUT2D eigenvalue weighted by Gasteiger charge is 2.56. The van der Waals surface area contributed by atoms with Gasteiger partial charge in [-0.15, -0.1) is 0 Å². The normalized spacial score (nSPS) is 26.5. The van der Waals surface area contributed by atoms with Gasteiger partial charge in [-0.1, -0.05) is 44.2 Å². The minimum Gasteiger partial charge on any atom is -0.339 e. The van der Waals surface area contributed by atoms with Gasteiger partial charge < -0.3 is 14.7 Å². The molecule has 6 nitrogen and oxygen atoms in total. The number of piperazine rings is 2. The van der Waals surface area contributed by atoms with Crippen molar-refractivity contribution >= 4 is 17.7 Å². The van der Waals surface area contributed by atoms with E-state index in [-0.39, 0.29) is 17.7 Å². The molecular weight excluding hydrogens is 354 g/mol. The van der Waals surface area contributed by atoms with Gasteiger partial charge in [0.2, 0.25) is 17.7 Å². The molecule has 3 amide bonds. The Morgan fingerprint density at radius 1 is 1.11 bits per heavy atom. The molecule has 0 spiro atoms. The molecule has 2 heterocycles. The molecule has 2 saturated heterocycles. The Hall–Kier alpha value is -2.37. The lowest BCUT2D eigenvalue weighted by Gasteiger charge is -2.49. The van der Waals surface area contributed by atoms with E-state index in [1.807, 2.05) is 35.2 Å². The van der Waals surface area contributed by atoms with Crippen molar-refractivity contribution in [3.05, 3.63) is 35.9 Å². The van der Waals surface area contributed by atoms with Crippen LogP contribution in [0.4, 0.5) is 0 Å². The third-order valence-electron chi connectivity index (χ3n) is 6.39. The summed E-state index contributed by atoms with van der Waals surface area (Å²) in [6.45, 7) is 8.08. The van der Waals surface area contributed by atoms with Gasteiger partial charge in [-0.25, -0.2) is 0 Å². The molecule has 0 unspecified atom stereocenters. The van der Waals surface area contributed by atoms with Gasteiger partial charge in [0.25, 0.3) is 0 Å². The molecule has 1 aromatic rings. The summed E-state index contributed by atoms with van der Waals surface area (Å²) < 4.78 is 0. The molecule has 4 rings (SSSR count). The molecule has 0 N–H and O–H groups in total. The fourth-order valence-corrected chi connectivity index (χ4v) is 4.66. The lowest BCUT2D eigenvalue weighted by Crippen LogP contribution is -2.70. The van der Waals surface area contributed by atoms with Crippen LogP contribution in [0.1, 0.15) is 39.2 Å². The quantitative estimate of drug-likeness (QED) is 0.794. The van der Waals surface area contributed by atoms with Crippen LogP contribution in [-0.4, -0.2) is 70.7 Å². The van der Waals surface area contributed by atoms with Crippen molar-refractivity contribution in [2.45, 2.75) is 51.1 Å². The highest BCUT2D eigenvalue weighted by Crippen LogP contribution is 2.50. The Bertz CT molecular complexity index is 787. The number of benzene rings is 1. The van der Waals surface area contributed by atoms with Crippen LogP contribution >= 0.6 is 0 Å². The van der Waals surface area contributed by atoms with Crippen LogP contribution in [-0.2, 0) is 19.8 Å². The zero-order valence-electron chi connectivity index (χ0n) is 16.9. The first-order chi connectivity index (χ1) is 13.3. The summed E-state index contributed by atoms with van der Waals surface area (Å²) in [6, 6.07) is 8.75. The van der Waals surface area contributed by atoms with E-state index in [1.54, 1.807) is 16.7 Å². The molecule has 3 fully saturated rings. The fourth-order valence-electron chi connectivity index (χ4n) is 4.66. The third-order valence-corrected chi connectivity index (χ3v) is 6.39. The largest absolute Gasteiger partial charge is 0.339 e. The number of carbonyl (C=O) groups excluding carboxylic acids is 3. The summed E-state index contributed by atoms with van der Waals surface area (Å²) in [4.78, 5) is 44.8. The summed E-state index contributed by atoms with van der Waals surface area (Å²) in [5.74, 6) is 0.237. The Morgan fingerprint density at radius 3 is 2.39 bits per heavy atom. The van der Waals surface area contributed by atoms with Crippen LogP contribution in [0.25, 0.3) is 0 Å². The topological polar surface area (TPSA) is 60.9 Å². The number of hydrogen-bond donors (Lipinski definition) is 0. The smallest absolute Gasteiger partial charge is 0.247 e. The molecule has 1 saturated carbocycles. The number of fused-ring (bicyclic) bond motifs is 1. The van der Waals surface area contributed by atoms with Crippen molar-refractivity contribution in [2.75, 3.05) is 26.2 Å². The van der Waals surface area contributed by atoms with E-state index in [2.05, 4.69) is 13.8 Å². The minimum atomic E-state index is -0.549. The Balaban J connectivity index is 1.58. The molecule has 150 valence electrons. The molecule has 28 heavy (non-hydrogen) atoms. The molecule has 3 aliphatic rings. The minimum absolute atomic E-state index is 0.00650. The Kier molecular flexibility index (Phi) is 4.68. The lowest BCUT2D eigenvalue weighted by atomic mass is 9.92. The van der Waals surface area contributed by atoms with Crippen molar-refractivity contribution in [1.82, 2.24) is 14.7 Å². The number of nitrogens with zero attached hydrogens (tertiary/aromatic N) is 3. The number of hydrogen-bond acceptors (Lipinski definition) is 3. The van der Waals surface area contributed by atoms with Gasteiger partial charge in [0.1, 0.15) is 12.1 Å². The van der Waals surface area contributed by atoms with Gasteiger partial charge in [-0.2, -0.15) is 0 Å². The maximum atomic E-state index is 13.5. The van der Waals surface area contributed by atoms with E-state index in [0.717, 1.165) is 18.4 Å². The van der Waals surface area contributed by atoms with Crippen LogP contribution in [0.3, 0.4) is 0 Å². The van der Waals surface area contributed by atoms with Crippen molar-refractivity contribution in [2.24, 2.45) is 5.92 Å². The van der Waals surface area contributed by atoms with E-state index in [0.29, 0.717) is 32.1 Å². The first-order valence-electron chi connectivity index (χ1n) is 10.3. The Morgan fingerprint density at radius 2 is 1.79 bits per heavy atom. The van der Waals surface area contributed by atoms with Crippen molar-refractivity contribution in [1.29, 1.82) is 0 Å². The second kappa shape index (κ2) is 6.90. The molecule has 1 aromatic carbocycles. The first kappa shape index (κ1) is 19.0. The van der Waals surface area contributed by atoms with E-state index >= 15 is 0 Å². The second-order valence-corrected chi connectivity index (χ2v) is 8.81. The van der Waals surface area contributed by atoms with Gasteiger partial charge in [0, 0.05) is 19.6 Å². The van der Waals surface area contributed by atoms with Crippen molar-refractivity contribution in [3.8, 4) is 0 Å². The maximum Gasteiger partial charge on any atom is 0.247 e. The summed E-state index contributed by atoms with van der Waals surface area (Å²) in [7, 11) is 0. The van der Waals surface area contributed by atoms with Crippen LogP contribution in [0, 0.1) is 5.92 Å². The van der Waals surface area contributed by atoms with E-state index in [1.165, 1.54) is 0 Å². The summed E-state index contributed by atoms with van der Waals surface area (Å²) in [6.07, 6.45) is 1.60. The van der Waals surface area contributed by atoms with E-state index < -0.39 is 17.5 Å². The molecule has 6 heteroatoms. The van der Waals surface area contributed by atoms with Gasteiger partial charge in [-0.3, -0.25) is 14.4 Å². The predicted molar refractivity (Wildman–Crippen MR) is 105 cm³/mol. The zero-order chi connectivity index (χ0) is 20.1. The molecule has 0 radical (unpaired) electrons. The van der Waals surface area contributed by atoms with Crippen LogP contribution in [0.5, 0.6) is 0 Å². The molecule has 2 atom stereocenters. The summed E-state index contributed by atoms with van der Waals surface area (Å²) in [5, 5.41) is 0. The highest BCUT2D eigenvalue weighted by atomic mass is 16.2. The molecule has 1 aliphatic carbocycles. The number of amides is 3. The first-order valence-corrected chi connectivity index (χ1v) is 10.3. The van der Waals surface area contributed by atoms with Gasteiger partial charge in [0.05, 0.1) is 12.0 Å². The molecular formula is C22H29N3O3. The van der Waals surface area contributed by atoms with Crippen LogP contribution in [0.2, 0.25) is 0 Å². The number of carbonyl (C=O) groups is 3. The van der Waals surface area contributed by atoms with Crippen molar-refractivity contribution in [3.63, 3.8) is 0 Å². The van der Waals surface area contributed by atoms with Crippen molar-refractivity contribution < 1.29 is 14.4 Å². The Labute approximate surface area is 166 Å². The third kappa shape index (κ3) is 2.99. The fraction of sp³-hybridized carbons (Fsp3) is 0.591. The average Bonchev–Trinajstić information content (AvgIpc) is 3.49. The SMILES string of the molecule is CC(C)CN1CCN2C(=O)[C@H](C)N(C(=O)C3(c4ccccc4)CC3)C[C@H]2C1=O. The summed E-state index contributed by atoms with van der Waals surface area (Å²) in [5.41, 5.74) is 0.492. The lowest BCUT2D eigenvalue weighted by molar-refractivity contribution is -0.166. The van der Waals surface area contributed by atoms with E-state index in [9.17, 15) is 14.4 Å². The molecule has 2 aliphatic heterocycles. The van der Waals surface area contributed by atoms with E-state index in [4.69, 9.17) is 0 Å². The average molecular weight is 383 g/mol. The van der Waals surface area contributed by atoms with Gasteiger partial charge in [0.15, 0.2) is 0 Å². The molecule has 0 bridgehead atoms. The zero-order valence-corrected chi connectivity index (χ0v) is 16.9. The van der Waals surface area contributed by atoms with Crippen LogP contribution in [0.15, 0.2) is 30.3 Å².